The lowest BCUT2D eigenvalue weighted by atomic mass is 9.94. The average Bonchev–Trinajstić information content (AvgIpc) is 3.09. The van der Waals surface area contributed by atoms with E-state index in [1.807, 2.05) is 48.3 Å². The molecule has 6 heteroatoms. The highest BCUT2D eigenvalue weighted by Gasteiger charge is 2.31. The smallest absolute Gasteiger partial charge is 0.227 e. The molecule has 24 heavy (non-hydrogen) atoms. The normalized spacial score (nSPS) is 21.6. The van der Waals surface area contributed by atoms with Gasteiger partial charge in [-0.1, -0.05) is 24.3 Å². The fourth-order valence-corrected chi connectivity index (χ4v) is 3.13. The van der Waals surface area contributed by atoms with Crippen molar-refractivity contribution in [1.82, 2.24) is 20.0 Å². The minimum absolute atomic E-state index is 0.0806. The van der Waals surface area contributed by atoms with Crippen molar-refractivity contribution >= 4 is 5.91 Å². The zero-order valence-electron chi connectivity index (χ0n) is 13.9. The summed E-state index contributed by atoms with van der Waals surface area (Å²) in [6.45, 7) is 2.57. The summed E-state index contributed by atoms with van der Waals surface area (Å²) in [6.07, 6.45) is 3.76. The number of carbonyl (C=O) groups excluding carboxylic acids is 1. The summed E-state index contributed by atoms with van der Waals surface area (Å²) in [5, 5.41) is 17.3. The predicted molar refractivity (Wildman–Crippen MR) is 91.2 cm³/mol. The van der Waals surface area contributed by atoms with Gasteiger partial charge in [0.1, 0.15) is 0 Å². The van der Waals surface area contributed by atoms with Crippen molar-refractivity contribution in [2.75, 3.05) is 20.1 Å². The lowest BCUT2D eigenvalue weighted by Gasteiger charge is -2.32. The van der Waals surface area contributed by atoms with Crippen LogP contribution in [0.2, 0.25) is 0 Å². The van der Waals surface area contributed by atoms with E-state index < -0.39 is 6.10 Å². The van der Waals surface area contributed by atoms with E-state index in [1.54, 1.807) is 6.20 Å². The van der Waals surface area contributed by atoms with Crippen LogP contribution in [0.4, 0.5) is 0 Å². The topological polar surface area (TPSA) is 70.4 Å². The Bertz CT molecular complexity index is 671. The second-order valence-electron chi connectivity index (χ2n) is 6.41. The summed E-state index contributed by atoms with van der Waals surface area (Å²) in [5.74, 6) is -0.440. The first kappa shape index (κ1) is 16.7. The van der Waals surface area contributed by atoms with E-state index in [2.05, 4.69) is 15.3 Å². The summed E-state index contributed by atoms with van der Waals surface area (Å²) in [4.78, 5) is 14.5. The van der Waals surface area contributed by atoms with Gasteiger partial charge in [0.05, 0.1) is 18.6 Å². The number of aliphatic hydroxyl groups excluding tert-OH is 1. The highest BCUT2D eigenvalue weighted by atomic mass is 16.3. The van der Waals surface area contributed by atoms with Gasteiger partial charge >= 0.3 is 0 Å². The first-order valence-electron chi connectivity index (χ1n) is 8.32. The van der Waals surface area contributed by atoms with E-state index in [4.69, 9.17) is 0 Å². The number of nitrogens with one attached hydrogen (secondary N) is 1. The molecule has 1 fully saturated rings. The van der Waals surface area contributed by atoms with Crippen molar-refractivity contribution in [1.29, 1.82) is 0 Å². The SMILES string of the molecule is CN1CC[C@H](O)[C@H](C(=O)NCc2ccccc2Cn2cccn2)C1. The van der Waals surface area contributed by atoms with Crippen LogP contribution < -0.4 is 5.32 Å². The lowest BCUT2D eigenvalue weighted by molar-refractivity contribution is -0.131. The second kappa shape index (κ2) is 7.59. The number of rotatable bonds is 5. The standard InChI is InChI=1S/C18H24N4O2/c1-21-10-7-17(23)16(13-21)18(24)19-11-14-5-2-3-6-15(14)12-22-9-4-8-20-22/h2-6,8-9,16-17,23H,7,10-13H2,1H3,(H,19,24)/t16-,17+/m1/s1. The third kappa shape index (κ3) is 4.01. The maximum absolute atomic E-state index is 12.4. The number of hydrogen-bond donors (Lipinski definition) is 2. The molecule has 0 aliphatic carbocycles. The van der Waals surface area contributed by atoms with Crippen LogP contribution in [-0.2, 0) is 17.9 Å². The Kier molecular flexibility index (Phi) is 5.27. The van der Waals surface area contributed by atoms with Crippen LogP contribution in [-0.4, -0.2) is 51.9 Å². The van der Waals surface area contributed by atoms with E-state index in [1.165, 1.54) is 0 Å². The third-order valence-electron chi connectivity index (χ3n) is 4.58. The van der Waals surface area contributed by atoms with Gasteiger partial charge < -0.3 is 15.3 Å². The quantitative estimate of drug-likeness (QED) is 0.854. The van der Waals surface area contributed by atoms with E-state index in [0.717, 1.165) is 17.7 Å². The zero-order chi connectivity index (χ0) is 16.9. The Morgan fingerprint density at radius 3 is 2.88 bits per heavy atom. The highest BCUT2D eigenvalue weighted by Crippen LogP contribution is 2.17. The second-order valence-corrected chi connectivity index (χ2v) is 6.41. The molecule has 1 aromatic carbocycles. The zero-order valence-corrected chi connectivity index (χ0v) is 13.9. The highest BCUT2D eigenvalue weighted by molar-refractivity contribution is 5.79. The van der Waals surface area contributed by atoms with Crippen LogP contribution >= 0.6 is 0 Å². The van der Waals surface area contributed by atoms with Crippen LogP contribution in [0.25, 0.3) is 0 Å². The molecule has 1 amide bonds. The number of aromatic nitrogens is 2. The minimum atomic E-state index is -0.555. The molecular formula is C18H24N4O2. The van der Waals surface area contributed by atoms with E-state index in [-0.39, 0.29) is 11.8 Å². The van der Waals surface area contributed by atoms with Crippen LogP contribution in [0.1, 0.15) is 17.5 Å². The van der Waals surface area contributed by atoms with Gasteiger partial charge in [0.25, 0.3) is 0 Å². The number of likely N-dealkylation sites (tertiary alicyclic amines) is 1. The summed E-state index contributed by atoms with van der Waals surface area (Å²) in [6, 6.07) is 9.92. The molecule has 0 saturated carbocycles. The van der Waals surface area contributed by atoms with E-state index in [0.29, 0.717) is 26.1 Å². The maximum atomic E-state index is 12.4. The molecular weight excluding hydrogens is 304 g/mol. The first-order valence-corrected chi connectivity index (χ1v) is 8.32. The number of aliphatic hydroxyl groups is 1. The van der Waals surface area contributed by atoms with E-state index in [9.17, 15) is 9.90 Å². The first-order chi connectivity index (χ1) is 11.6. The van der Waals surface area contributed by atoms with Crippen LogP contribution in [0.15, 0.2) is 42.7 Å². The molecule has 0 bridgehead atoms. The number of hydrogen-bond acceptors (Lipinski definition) is 4. The van der Waals surface area contributed by atoms with Gasteiger partial charge in [-0.05, 0) is 30.7 Å². The molecule has 2 heterocycles. The molecule has 1 aliphatic rings. The summed E-state index contributed by atoms with van der Waals surface area (Å²) < 4.78 is 1.86. The molecule has 128 valence electrons. The molecule has 0 radical (unpaired) electrons. The molecule has 1 aromatic heterocycles. The largest absolute Gasteiger partial charge is 0.392 e. The Hall–Kier alpha value is -2.18. The number of piperidine rings is 1. The van der Waals surface area contributed by atoms with Crippen molar-refractivity contribution < 1.29 is 9.90 Å². The maximum Gasteiger partial charge on any atom is 0.227 e. The number of carbonyl (C=O) groups is 1. The predicted octanol–water partition coefficient (Wildman–Crippen LogP) is 0.860. The van der Waals surface area contributed by atoms with Crippen molar-refractivity contribution in [2.45, 2.75) is 25.6 Å². The molecule has 0 unspecified atom stereocenters. The molecule has 3 rings (SSSR count). The summed E-state index contributed by atoms with van der Waals surface area (Å²) >= 11 is 0. The molecule has 1 saturated heterocycles. The molecule has 2 atom stereocenters. The number of nitrogens with zero attached hydrogens (tertiary/aromatic N) is 3. The third-order valence-corrected chi connectivity index (χ3v) is 4.58. The van der Waals surface area contributed by atoms with E-state index >= 15 is 0 Å². The Balaban J connectivity index is 1.63. The minimum Gasteiger partial charge on any atom is -0.392 e. The van der Waals surface area contributed by atoms with Gasteiger partial charge in [-0.25, -0.2) is 0 Å². The van der Waals surface area contributed by atoms with Crippen LogP contribution in [0.3, 0.4) is 0 Å². The fraction of sp³-hybridized carbons (Fsp3) is 0.444. The lowest BCUT2D eigenvalue weighted by Crippen LogP contribution is -2.48. The van der Waals surface area contributed by atoms with Gasteiger partial charge in [-0.2, -0.15) is 5.10 Å². The Labute approximate surface area is 142 Å². The molecule has 2 N–H and O–H groups in total. The van der Waals surface area contributed by atoms with Crippen LogP contribution in [0, 0.1) is 5.92 Å². The van der Waals surface area contributed by atoms with Gasteiger partial charge in [0.15, 0.2) is 0 Å². The van der Waals surface area contributed by atoms with Crippen molar-refractivity contribution in [3.05, 3.63) is 53.9 Å². The summed E-state index contributed by atoms with van der Waals surface area (Å²) in [5.41, 5.74) is 2.20. The average molecular weight is 328 g/mol. The Morgan fingerprint density at radius 2 is 2.12 bits per heavy atom. The van der Waals surface area contributed by atoms with Gasteiger partial charge in [0, 0.05) is 32.0 Å². The molecule has 6 nitrogen and oxygen atoms in total. The van der Waals surface area contributed by atoms with Crippen molar-refractivity contribution in [3.8, 4) is 0 Å². The molecule has 1 aliphatic heterocycles. The van der Waals surface area contributed by atoms with Gasteiger partial charge in [-0.3, -0.25) is 9.48 Å². The summed E-state index contributed by atoms with van der Waals surface area (Å²) in [7, 11) is 1.98. The van der Waals surface area contributed by atoms with Crippen molar-refractivity contribution in [3.63, 3.8) is 0 Å². The van der Waals surface area contributed by atoms with Gasteiger partial charge in [-0.15, -0.1) is 0 Å². The molecule has 0 spiro atoms. The fourth-order valence-electron chi connectivity index (χ4n) is 3.13. The van der Waals surface area contributed by atoms with Gasteiger partial charge in [0.2, 0.25) is 5.91 Å². The Morgan fingerprint density at radius 1 is 1.33 bits per heavy atom. The molecule has 2 aromatic rings. The van der Waals surface area contributed by atoms with Crippen molar-refractivity contribution in [2.24, 2.45) is 5.92 Å². The number of benzene rings is 1. The number of amides is 1. The monoisotopic (exact) mass is 328 g/mol. The van der Waals surface area contributed by atoms with Crippen LogP contribution in [0.5, 0.6) is 0 Å².